The quantitative estimate of drug-likeness (QED) is 0.818. The van der Waals surface area contributed by atoms with Gasteiger partial charge in [0.2, 0.25) is 5.91 Å². The van der Waals surface area contributed by atoms with Gasteiger partial charge in [-0.2, -0.15) is 5.26 Å². The van der Waals surface area contributed by atoms with E-state index in [1.165, 1.54) is 0 Å². The van der Waals surface area contributed by atoms with Crippen molar-refractivity contribution in [1.29, 1.82) is 5.26 Å². The van der Waals surface area contributed by atoms with Gasteiger partial charge in [-0.3, -0.25) is 10.1 Å². The van der Waals surface area contributed by atoms with Crippen LogP contribution in [0.1, 0.15) is 37.8 Å². The molecule has 19 heavy (non-hydrogen) atoms. The minimum Gasteiger partial charge on any atom is -0.352 e. The van der Waals surface area contributed by atoms with E-state index in [4.69, 9.17) is 5.26 Å². The Kier molecular flexibility index (Phi) is 4.53. The molecule has 2 unspecified atom stereocenters. The largest absolute Gasteiger partial charge is 0.352 e. The van der Waals surface area contributed by atoms with Gasteiger partial charge in [0.05, 0.1) is 18.5 Å². The maximum Gasteiger partial charge on any atom is 0.237 e. The van der Waals surface area contributed by atoms with E-state index in [0.29, 0.717) is 12.5 Å². The fourth-order valence-electron chi connectivity index (χ4n) is 1.98. The summed E-state index contributed by atoms with van der Waals surface area (Å²) in [4.78, 5) is 11.9. The van der Waals surface area contributed by atoms with Crippen molar-refractivity contribution in [3.63, 3.8) is 0 Å². The summed E-state index contributed by atoms with van der Waals surface area (Å²) in [6.07, 6.45) is 2.52. The van der Waals surface area contributed by atoms with Crippen LogP contribution in [0.2, 0.25) is 0 Å². The first-order chi connectivity index (χ1) is 9.20. The summed E-state index contributed by atoms with van der Waals surface area (Å²) in [5, 5.41) is 15.1. The summed E-state index contributed by atoms with van der Waals surface area (Å²) in [7, 11) is 0. The topological polar surface area (TPSA) is 64.9 Å². The van der Waals surface area contributed by atoms with Crippen molar-refractivity contribution in [2.45, 2.75) is 44.3 Å². The molecule has 4 nitrogen and oxygen atoms in total. The third kappa shape index (κ3) is 4.08. The third-order valence-electron chi connectivity index (χ3n) is 3.27. The molecule has 0 radical (unpaired) electrons. The molecule has 2 N–H and O–H groups in total. The van der Waals surface area contributed by atoms with Crippen LogP contribution in [-0.2, 0) is 4.79 Å². The summed E-state index contributed by atoms with van der Waals surface area (Å²) >= 11 is 0. The minimum absolute atomic E-state index is 0.0152. The Balaban J connectivity index is 1.96. The second kappa shape index (κ2) is 6.35. The van der Waals surface area contributed by atoms with Gasteiger partial charge in [0.25, 0.3) is 0 Å². The predicted molar refractivity (Wildman–Crippen MR) is 73.2 cm³/mol. The predicted octanol–water partition coefficient (Wildman–Crippen LogP) is 1.90. The van der Waals surface area contributed by atoms with Gasteiger partial charge in [0.1, 0.15) is 0 Å². The first kappa shape index (κ1) is 13.6. The second-order valence-corrected chi connectivity index (χ2v) is 5.00. The number of hydrogen-bond donors (Lipinski definition) is 2. The van der Waals surface area contributed by atoms with Crippen LogP contribution in [0.3, 0.4) is 0 Å². The smallest absolute Gasteiger partial charge is 0.237 e. The highest BCUT2D eigenvalue weighted by Crippen LogP contribution is 2.20. The van der Waals surface area contributed by atoms with Gasteiger partial charge in [-0.25, -0.2) is 0 Å². The lowest BCUT2D eigenvalue weighted by atomic mass is 10.0. The standard InChI is InChI=1S/C15H19N3O/c1-11(15(19)18-13-7-8-13)17-14(9-10-16)12-5-3-2-4-6-12/h2-6,11,13-14,17H,7-9H2,1H3,(H,18,19). The molecule has 1 fully saturated rings. The van der Waals surface area contributed by atoms with Crippen LogP contribution in [0.4, 0.5) is 0 Å². The van der Waals surface area contributed by atoms with Crippen molar-refractivity contribution in [3.05, 3.63) is 35.9 Å². The number of amides is 1. The Morgan fingerprint density at radius 3 is 2.68 bits per heavy atom. The van der Waals surface area contributed by atoms with Crippen molar-refractivity contribution in [2.75, 3.05) is 0 Å². The Labute approximate surface area is 113 Å². The van der Waals surface area contributed by atoms with Gasteiger partial charge in [-0.15, -0.1) is 0 Å². The summed E-state index contributed by atoms with van der Waals surface area (Å²) < 4.78 is 0. The fourth-order valence-corrected chi connectivity index (χ4v) is 1.98. The molecular formula is C15H19N3O. The molecule has 4 heteroatoms. The van der Waals surface area contributed by atoms with Gasteiger partial charge in [-0.05, 0) is 25.3 Å². The monoisotopic (exact) mass is 257 g/mol. The molecule has 1 aliphatic carbocycles. The van der Waals surface area contributed by atoms with Gasteiger partial charge >= 0.3 is 0 Å². The molecule has 0 aliphatic heterocycles. The van der Waals surface area contributed by atoms with E-state index in [0.717, 1.165) is 18.4 Å². The number of nitriles is 1. The van der Waals surface area contributed by atoms with E-state index in [9.17, 15) is 4.79 Å². The molecule has 100 valence electrons. The van der Waals surface area contributed by atoms with Crippen LogP contribution < -0.4 is 10.6 Å². The number of hydrogen-bond acceptors (Lipinski definition) is 3. The molecule has 2 rings (SSSR count). The average molecular weight is 257 g/mol. The SMILES string of the molecule is CC(NC(CC#N)c1ccccc1)C(=O)NC1CC1. The number of benzene rings is 1. The zero-order valence-electron chi connectivity index (χ0n) is 11.1. The number of rotatable bonds is 6. The summed E-state index contributed by atoms with van der Waals surface area (Å²) in [5.74, 6) is 0.0152. The Morgan fingerprint density at radius 2 is 2.11 bits per heavy atom. The van der Waals surface area contributed by atoms with E-state index in [2.05, 4.69) is 16.7 Å². The molecule has 0 heterocycles. The fraction of sp³-hybridized carbons (Fsp3) is 0.467. The Hall–Kier alpha value is -1.86. The highest BCUT2D eigenvalue weighted by molar-refractivity contribution is 5.81. The zero-order valence-corrected chi connectivity index (χ0v) is 11.1. The lowest BCUT2D eigenvalue weighted by molar-refractivity contribution is -0.123. The number of nitrogens with zero attached hydrogens (tertiary/aromatic N) is 1. The van der Waals surface area contributed by atoms with Gasteiger partial charge in [0, 0.05) is 12.1 Å². The van der Waals surface area contributed by atoms with Crippen LogP contribution in [0.5, 0.6) is 0 Å². The van der Waals surface area contributed by atoms with E-state index >= 15 is 0 Å². The van der Waals surface area contributed by atoms with Crippen molar-refractivity contribution >= 4 is 5.91 Å². The zero-order chi connectivity index (χ0) is 13.7. The molecule has 1 aromatic rings. The molecule has 1 aliphatic rings. The minimum atomic E-state index is -0.292. The van der Waals surface area contributed by atoms with Crippen LogP contribution in [0, 0.1) is 11.3 Å². The van der Waals surface area contributed by atoms with Crippen molar-refractivity contribution < 1.29 is 4.79 Å². The molecular weight excluding hydrogens is 238 g/mol. The van der Waals surface area contributed by atoms with Crippen LogP contribution >= 0.6 is 0 Å². The number of carbonyl (C=O) groups excluding carboxylic acids is 1. The summed E-state index contributed by atoms with van der Waals surface area (Å²) in [6, 6.07) is 11.9. The highest BCUT2D eigenvalue weighted by Gasteiger charge is 2.26. The maximum absolute atomic E-state index is 11.9. The highest BCUT2D eigenvalue weighted by atomic mass is 16.2. The number of nitrogens with one attached hydrogen (secondary N) is 2. The van der Waals surface area contributed by atoms with Crippen LogP contribution in [0.25, 0.3) is 0 Å². The van der Waals surface area contributed by atoms with E-state index in [-0.39, 0.29) is 18.0 Å². The molecule has 1 saturated carbocycles. The third-order valence-corrected chi connectivity index (χ3v) is 3.27. The summed E-state index contributed by atoms with van der Waals surface area (Å²) in [5.41, 5.74) is 1.04. The second-order valence-electron chi connectivity index (χ2n) is 5.00. The maximum atomic E-state index is 11.9. The molecule has 0 saturated heterocycles. The molecule has 0 bridgehead atoms. The van der Waals surface area contributed by atoms with Gasteiger partial charge < -0.3 is 5.32 Å². The molecule has 0 spiro atoms. The first-order valence-electron chi connectivity index (χ1n) is 6.69. The lowest BCUT2D eigenvalue weighted by Gasteiger charge is -2.21. The van der Waals surface area contributed by atoms with Gasteiger partial charge in [0.15, 0.2) is 0 Å². The van der Waals surface area contributed by atoms with Crippen molar-refractivity contribution in [1.82, 2.24) is 10.6 Å². The van der Waals surface area contributed by atoms with E-state index in [1.807, 2.05) is 37.3 Å². The lowest BCUT2D eigenvalue weighted by Crippen LogP contribution is -2.44. The molecule has 0 aromatic heterocycles. The van der Waals surface area contributed by atoms with Crippen molar-refractivity contribution in [2.24, 2.45) is 0 Å². The molecule has 2 atom stereocenters. The Morgan fingerprint density at radius 1 is 1.42 bits per heavy atom. The normalized spacial score (nSPS) is 17.3. The van der Waals surface area contributed by atoms with Crippen molar-refractivity contribution in [3.8, 4) is 6.07 Å². The van der Waals surface area contributed by atoms with E-state index in [1.54, 1.807) is 0 Å². The number of carbonyl (C=O) groups is 1. The summed E-state index contributed by atoms with van der Waals surface area (Å²) in [6.45, 7) is 1.84. The van der Waals surface area contributed by atoms with E-state index < -0.39 is 0 Å². The average Bonchev–Trinajstić information content (AvgIpc) is 3.23. The Bertz CT molecular complexity index is 462. The van der Waals surface area contributed by atoms with Gasteiger partial charge in [-0.1, -0.05) is 30.3 Å². The molecule has 1 aromatic carbocycles. The first-order valence-corrected chi connectivity index (χ1v) is 6.69. The molecule has 1 amide bonds. The van der Waals surface area contributed by atoms with Crippen LogP contribution in [-0.4, -0.2) is 18.0 Å². The van der Waals surface area contributed by atoms with Crippen LogP contribution in [0.15, 0.2) is 30.3 Å².